The van der Waals surface area contributed by atoms with Crippen molar-refractivity contribution in [3.63, 3.8) is 0 Å². The first-order valence-electron chi connectivity index (χ1n) is 7.10. The largest absolute Gasteiger partial charge is 0.395 e. The second-order valence-electron chi connectivity index (χ2n) is 5.15. The fraction of sp³-hybridized carbons (Fsp3) is 1.00. The molecule has 1 fully saturated rings. The highest BCUT2D eigenvalue weighted by atomic mass is 16.3. The van der Waals surface area contributed by atoms with Crippen LogP contribution in [0.25, 0.3) is 0 Å². The van der Waals surface area contributed by atoms with Gasteiger partial charge in [0.2, 0.25) is 0 Å². The van der Waals surface area contributed by atoms with Crippen molar-refractivity contribution in [3.8, 4) is 0 Å². The predicted molar refractivity (Wildman–Crippen MR) is 75.5 cm³/mol. The second-order valence-corrected chi connectivity index (χ2v) is 5.15. The van der Waals surface area contributed by atoms with Gasteiger partial charge in [0.05, 0.1) is 26.4 Å². The summed E-state index contributed by atoms with van der Waals surface area (Å²) in [6, 6.07) is -0.526. The molecule has 8 nitrogen and oxygen atoms in total. The molecule has 4 unspecified atom stereocenters. The number of rotatable bonds is 4. The zero-order chi connectivity index (χ0) is 14.8. The smallest absolute Gasteiger partial charge is 0.0597 e. The molecule has 1 aliphatic rings. The Morgan fingerprint density at radius 3 is 0.850 bits per heavy atom. The molecule has 0 radical (unpaired) electrons. The van der Waals surface area contributed by atoms with Crippen LogP contribution in [-0.4, -0.2) is 97.2 Å². The summed E-state index contributed by atoms with van der Waals surface area (Å²) in [6.07, 6.45) is 0. The van der Waals surface area contributed by atoms with Gasteiger partial charge < -0.3 is 41.7 Å². The fourth-order valence-electron chi connectivity index (χ4n) is 2.04. The molecule has 0 amide bonds. The zero-order valence-electron chi connectivity index (χ0n) is 11.8. The van der Waals surface area contributed by atoms with Crippen LogP contribution in [-0.2, 0) is 0 Å². The Balaban J connectivity index is 2.58. The lowest BCUT2D eigenvalue weighted by molar-refractivity contribution is 0.177. The number of hydrogen-bond donors (Lipinski definition) is 8. The first kappa shape index (κ1) is 17.7. The number of nitrogens with one attached hydrogen (secondary N) is 4. The Bertz CT molecular complexity index is 183. The molecule has 1 aliphatic heterocycles. The summed E-state index contributed by atoms with van der Waals surface area (Å²) >= 11 is 0. The molecule has 0 aliphatic carbocycles. The van der Waals surface area contributed by atoms with Gasteiger partial charge in [0.15, 0.2) is 0 Å². The second kappa shape index (κ2) is 10.4. The molecule has 8 N–H and O–H groups in total. The van der Waals surface area contributed by atoms with Gasteiger partial charge in [0.1, 0.15) is 0 Å². The van der Waals surface area contributed by atoms with E-state index in [1.54, 1.807) is 0 Å². The summed E-state index contributed by atoms with van der Waals surface area (Å²) in [5.74, 6) is 0. The maximum atomic E-state index is 9.30. The van der Waals surface area contributed by atoms with Crippen LogP contribution in [0, 0.1) is 0 Å². The highest BCUT2D eigenvalue weighted by Crippen LogP contribution is 1.91. The van der Waals surface area contributed by atoms with Gasteiger partial charge in [0.25, 0.3) is 0 Å². The third-order valence-corrected chi connectivity index (χ3v) is 3.49. The van der Waals surface area contributed by atoms with Gasteiger partial charge in [-0.15, -0.1) is 0 Å². The average Bonchev–Trinajstić information content (AvgIpc) is 2.48. The third-order valence-electron chi connectivity index (χ3n) is 3.49. The van der Waals surface area contributed by atoms with Crippen molar-refractivity contribution in [1.82, 2.24) is 21.3 Å². The first-order valence-corrected chi connectivity index (χ1v) is 7.10. The standard InChI is InChI=1S/C12H28N4O4/c17-5-9-1-13-10(6-18)2-15-12(8-20)4-16-11(7-19)3-14-9/h9-20H,1-8H2. The fourth-order valence-corrected chi connectivity index (χ4v) is 2.04. The van der Waals surface area contributed by atoms with Crippen LogP contribution < -0.4 is 21.3 Å². The molecule has 0 aromatic rings. The van der Waals surface area contributed by atoms with E-state index >= 15 is 0 Å². The Kier molecular flexibility index (Phi) is 9.23. The normalized spacial score (nSPS) is 34.2. The van der Waals surface area contributed by atoms with E-state index in [-0.39, 0.29) is 50.6 Å². The van der Waals surface area contributed by atoms with E-state index < -0.39 is 0 Å². The molecule has 4 atom stereocenters. The maximum Gasteiger partial charge on any atom is 0.0597 e. The molecular weight excluding hydrogens is 264 g/mol. The molecule has 1 saturated heterocycles. The Morgan fingerprint density at radius 1 is 0.500 bits per heavy atom. The van der Waals surface area contributed by atoms with Gasteiger partial charge in [-0.25, -0.2) is 0 Å². The Hall–Kier alpha value is -0.320. The number of aliphatic hydroxyl groups excluding tert-OH is 4. The van der Waals surface area contributed by atoms with Crippen LogP contribution in [0.5, 0.6) is 0 Å². The maximum absolute atomic E-state index is 9.30. The van der Waals surface area contributed by atoms with Gasteiger partial charge in [-0.05, 0) is 0 Å². The van der Waals surface area contributed by atoms with Gasteiger partial charge in [-0.2, -0.15) is 0 Å². The van der Waals surface area contributed by atoms with Crippen molar-refractivity contribution in [2.45, 2.75) is 24.2 Å². The van der Waals surface area contributed by atoms with Crippen LogP contribution in [0.4, 0.5) is 0 Å². The molecule has 8 heteroatoms. The summed E-state index contributed by atoms with van der Waals surface area (Å²) in [5, 5.41) is 49.9. The number of aliphatic hydroxyl groups is 4. The predicted octanol–water partition coefficient (Wildman–Crippen LogP) is -4.20. The SMILES string of the molecule is OCC1CNC(CO)CNC(CO)CNC(CO)CN1. The van der Waals surface area contributed by atoms with E-state index in [0.29, 0.717) is 26.2 Å². The molecule has 0 bridgehead atoms. The van der Waals surface area contributed by atoms with E-state index in [2.05, 4.69) is 21.3 Å². The van der Waals surface area contributed by atoms with Crippen LogP contribution >= 0.6 is 0 Å². The summed E-state index contributed by atoms with van der Waals surface area (Å²) in [6.45, 7) is 2.01. The van der Waals surface area contributed by atoms with Crippen molar-refractivity contribution < 1.29 is 20.4 Å². The van der Waals surface area contributed by atoms with Crippen molar-refractivity contribution in [3.05, 3.63) is 0 Å². The van der Waals surface area contributed by atoms with Gasteiger partial charge in [0, 0.05) is 50.3 Å². The molecule has 0 saturated carbocycles. The van der Waals surface area contributed by atoms with E-state index in [1.807, 2.05) is 0 Å². The summed E-state index contributed by atoms with van der Waals surface area (Å²) in [7, 11) is 0. The lowest BCUT2D eigenvalue weighted by atomic mass is 10.2. The monoisotopic (exact) mass is 292 g/mol. The van der Waals surface area contributed by atoms with Crippen molar-refractivity contribution in [2.75, 3.05) is 52.6 Å². The molecule has 0 spiro atoms. The van der Waals surface area contributed by atoms with Crippen LogP contribution in [0.3, 0.4) is 0 Å². The third kappa shape index (κ3) is 6.42. The summed E-state index contributed by atoms with van der Waals surface area (Å²) in [4.78, 5) is 0. The number of hydrogen-bond acceptors (Lipinski definition) is 8. The Morgan fingerprint density at radius 2 is 0.700 bits per heavy atom. The van der Waals surface area contributed by atoms with Crippen molar-refractivity contribution in [2.24, 2.45) is 0 Å². The van der Waals surface area contributed by atoms with Crippen LogP contribution in [0.2, 0.25) is 0 Å². The van der Waals surface area contributed by atoms with Crippen molar-refractivity contribution >= 4 is 0 Å². The minimum Gasteiger partial charge on any atom is -0.395 e. The van der Waals surface area contributed by atoms with E-state index in [0.717, 1.165) is 0 Å². The molecule has 0 aromatic heterocycles. The summed E-state index contributed by atoms with van der Waals surface area (Å²) < 4.78 is 0. The quantitative estimate of drug-likeness (QED) is 0.262. The minimum absolute atomic E-state index is 0.0179. The van der Waals surface area contributed by atoms with Gasteiger partial charge in [-0.3, -0.25) is 0 Å². The van der Waals surface area contributed by atoms with E-state index in [1.165, 1.54) is 0 Å². The Labute approximate surface area is 119 Å². The molecular formula is C12H28N4O4. The minimum atomic E-state index is -0.132. The molecule has 1 heterocycles. The topological polar surface area (TPSA) is 129 Å². The molecule has 120 valence electrons. The average molecular weight is 292 g/mol. The highest BCUT2D eigenvalue weighted by molar-refractivity contribution is 4.82. The lowest BCUT2D eigenvalue weighted by Crippen LogP contribution is -2.56. The van der Waals surface area contributed by atoms with Crippen LogP contribution in [0.15, 0.2) is 0 Å². The van der Waals surface area contributed by atoms with Crippen molar-refractivity contribution in [1.29, 1.82) is 0 Å². The zero-order valence-corrected chi connectivity index (χ0v) is 11.8. The van der Waals surface area contributed by atoms with Crippen LogP contribution in [0.1, 0.15) is 0 Å². The van der Waals surface area contributed by atoms with Gasteiger partial charge in [-0.1, -0.05) is 0 Å². The first-order chi connectivity index (χ1) is 9.73. The molecule has 20 heavy (non-hydrogen) atoms. The molecule has 1 rings (SSSR count). The molecule has 0 aromatic carbocycles. The lowest BCUT2D eigenvalue weighted by Gasteiger charge is -2.28. The highest BCUT2D eigenvalue weighted by Gasteiger charge is 2.18. The van der Waals surface area contributed by atoms with E-state index in [4.69, 9.17) is 0 Å². The summed E-state index contributed by atoms with van der Waals surface area (Å²) in [5.41, 5.74) is 0. The van der Waals surface area contributed by atoms with Gasteiger partial charge >= 0.3 is 0 Å². The van der Waals surface area contributed by atoms with E-state index in [9.17, 15) is 20.4 Å².